The summed E-state index contributed by atoms with van der Waals surface area (Å²) in [5, 5.41) is 0. The van der Waals surface area contributed by atoms with Gasteiger partial charge in [-0.05, 0) is 30.7 Å². The third-order valence-corrected chi connectivity index (χ3v) is 6.02. The molecule has 1 saturated heterocycles. The first-order valence-electron chi connectivity index (χ1n) is 7.61. The summed E-state index contributed by atoms with van der Waals surface area (Å²) in [5.74, 6) is -2.22. The van der Waals surface area contributed by atoms with Crippen LogP contribution >= 0.6 is 23.2 Å². The second-order valence-corrected chi connectivity index (χ2v) is 8.40. The number of carbonyl (C=O) groups is 3. The first kappa shape index (κ1) is 20.5. The van der Waals surface area contributed by atoms with Crippen molar-refractivity contribution < 1.29 is 22.8 Å². The van der Waals surface area contributed by atoms with E-state index >= 15 is 0 Å². The third kappa shape index (κ3) is 5.09. The van der Waals surface area contributed by atoms with E-state index in [9.17, 15) is 22.8 Å². The van der Waals surface area contributed by atoms with Crippen molar-refractivity contribution in [2.45, 2.75) is 12.5 Å². The molecular formula is C15H17Cl2N3O5S. The topological polar surface area (TPSA) is 113 Å². The molecule has 0 aliphatic carbocycles. The fraction of sp³-hybridized carbons (Fsp3) is 0.400. The first-order valence-corrected chi connectivity index (χ1v) is 10.5. The van der Waals surface area contributed by atoms with Gasteiger partial charge in [0.05, 0.1) is 17.5 Å². The summed E-state index contributed by atoms with van der Waals surface area (Å²) in [6.45, 7) is 0. The Morgan fingerprint density at radius 3 is 2.23 bits per heavy atom. The van der Waals surface area contributed by atoms with Crippen LogP contribution in [0.1, 0.15) is 16.8 Å². The summed E-state index contributed by atoms with van der Waals surface area (Å²) in [5.41, 5.74) is 5.00. The van der Waals surface area contributed by atoms with Crippen LogP contribution in [0.2, 0.25) is 0 Å². The van der Waals surface area contributed by atoms with E-state index in [1.165, 1.54) is 29.2 Å². The monoisotopic (exact) mass is 421 g/mol. The lowest BCUT2D eigenvalue weighted by Crippen LogP contribution is -2.43. The highest BCUT2D eigenvalue weighted by molar-refractivity contribution is 7.91. The number of rotatable bonds is 5. The molecule has 3 amide bonds. The number of nitrogens with zero attached hydrogens (tertiary/aromatic N) is 1. The maximum absolute atomic E-state index is 12.2. The molecule has 0 spiro atoms. The van der Waals surface area contributed by atoms with Crippen molar-refractivity contribution in [1.82, 2.24) is 10.9 Å². The van der Waals surface area contributed by atoms with Crippen LogP contribution in [0.5, 0.6) is 0 Å². The zero-order chi connectivity index (χ0) is 19.3. The Morgan fingerprint density at radius 2 is 1.73 bits per heavy atom. The smallest absolute Gasteiger partial charge is 0.269 e. The van der Waals surface area contributed by atoms with Crippen molar-refractivity contribution in [3.8, 4) is 0 Å². The van der Waals surface area contributed by atoms with Gasteiger partial charge in [-0.15, -0.1) is 23.2 Å². The van der Waals surface area contributed by atoms with Crippen LogP contribution in [0.4, 0.5) is 5.69 Å². The van der Waals surface area contributed by atoms with E-state index in [1.54, 1.807) is 0 Å². The number of sulfone groups is 1. The Hall–Kier alpha value is -1.84. The highest BCUT2D eigenvalue weighted by Crippen LogP contribution is 2.25. The quantitative estimate of drug-likeness (QED) is 0.529. The molecule has 8 nitrogen and oxygen atoms in total. The number of nitrogens with one attached hydrogen (secondary N) is 2. The number of alkyl halides is 2. The summed E-state index contributed by atoms with van der Waals surface area (Å²) in [6.07, 6.45) is 0.331. The summed E-state index contributed by atoms with van der Waals surface area (Å²) in [4.78, 5) is 36.5. The molecular weight excluding hydrogens is 405 g/mol. The number of hydrogen-bond donors (Lipinski definition) is 2. The van der Waals surface area contributed by atoms with E-state index in [-0.39, 0.29) is 28.8 Å². The van der Waals surface area contributed by atoms with Crippen LogP contribution in [0.15, 0.2) is 24.3 Å². The Balaban J connectivity index is 2.16. The van der Waals surface area contributed by atoms with Gasteiger partial charge in [-0.25, -0.2) is 8.42 Å². The first-order chi connectivity index (χ1) is 12.3. The van der Waals surface area contributed by atoms with Crippen molar-refractivity contribution in [1.29, 1.82) is 0 Å². The zero-order valence-corrected chi connectivity index (χ0v) is 15.9. The average Bonchev–Trinajstić information content (AvgIpc) is 2.99. The summed E-state index contributed by atoms with van der Waals surface area (Å²) in [7, 11) is -3.18. The van der Waals surface area contributed by atoms with Gasteiger partial charge in [-0.2, -0.15) is 0 Å². The Bertz CT molecular complexity index is 798. The van der Waals surface area contributed by atoms with E-state index < -0.39 is 33.6 Å². The van der Waals surface area contributed by atoms with Gasteiger partial charge in [0.1, 0.15) is 11.8 Å². The van der Waals surface area contributed by atoms with E-state index in [1.807, 2.05) is 0 Å². The van der Waals surface area contributed by atoms with Gasteiger partial charge >= 0.3 is 0 Å². The second kappa shape index (κ2) is 8.70. The van der Waals surface area contributed by atoms with Crippen LogP contribution < -0.4 is 15.8 Å². The molecule has 1 fully saturated rings. The molecule has 0 saturated carbocycles. The third-order valence-electron chi connectivity index (χ3n) is 3.80. The van der Waals surface area contributed by atoms with Gasteiger partial charge < -0.3 is 4.90 Å². The van der Waals surface area contributed by atoms with Crippen molar-refractivity contribution in [2.75, 3.05) is 28.2 Å². The minimum atomic E-state index is -3.18. The Labute approximate surface area is 160 Å². The highest BCUT2D eigenvalue weighted by Gasteiger charge is 2.35. The lowest BCUT2D eigenvalue weighted by atomic mass is 10.1. The van der Waals surface area contributed by atoms with Gasteiger partial charge in [0.2, 0.25) is 5.91 Å². The molecule has 0 radical (unpaired) electrons. The number of benzene rings is 1. The van der Waals surface area contributed by atoms with Gasteiger partial charge in [-0.3, -0.25) is 25.2 Å². The highest BCUT2D eigenvalue weighted by atomic mass is 35.5. The van der Waals surface area contributed by atoms with E-state index in [4.69, 9.17) is 23.2 Å². The Morgan fingerprint density at radius 1 is 1.08 bits per heavy atom. The molecule has 1 aromatic carbocycles. The second-order valence-electron chi connectivity index (χ2n) is 5.64. The largest absolute Gasteiger partial charge is 0.307 e. The number of hydrogen-bond acceptors (Lipinski definition) is 5. The molecule has 0 unspecified atom stereocenters. The lowest BCUT2D eigenvalue weighted by Gasteiger charge is -2.27. The van der Waals surface area contributed by atoms with Crippen molar-refractivity contribution in [2.24, 2.45) is 0 Å². The Kier molecular flexibility index (Phi) is 6.85. The fourth-order valence-corrected chi connectivity index (χ4v) is 4.50. The van der Waals surface area contributed by atoms with Crippen molar-refractivity contribution in [3.63, 3.8) is 0 Å². The van der Waals surface area contributed by atoms with Crippen LogP contribution in [0.25, 0.3) is 0 Å². The standard InChI is InChI=1S/C15H17Cl2N3O5S/c16-7-13(21)18-19-15(23)10-1-3-11(4-2-10)20(14(22)8-17)12-5-6-26(24,25)9-12/h1-4,12H,5-9H2,(H,18,21)(H,19,23)/t12-/m0/s1. The molecule has 26 heavy (non-hydrogen) atoms. The van der Waals surface area contributed by atoms with E-state index in [0.717, 1.165) is 0 Å². The molecule has 1 heterocycles. The minimum Gasteiger partial charge on any atom is -0.307 e. The van der Waals surface area contributed by atoms with Gasteiger partial charge in [0.25, 0.3) is 11.8 Å². The van der Waals surface area contributed by atoms with E-state index in [0.29, 0.717) is 12.1 Å². The summed E-state index contributed by atoms with van der Waals surface area (Å²) in [6, 6.07) is 5.46. The molecule has 0 bridgehead atoms. The SMILES string of the molecule is O=C(CCl)NNC(=O)c1ccc(N(C(=O)CCl)[C@H]2CCS(=O)(=O)C2)cc1. The van der Waals surface area contributed by atoms with Crippen LogP contribution in [0, 0.1) is 0 Å². The predicted octanol–water partition coefficient (Wildman–Crippen LogP) is 0.445. The molecule has 11 heteroatoms. The van der Waals surface area contributed by atoms with Crippen molar-refractivity contribution in [3.05, 3.63) is 29.8 Å². The van der Waals surface area contributed by atoms with Crippen LogP contribution in [0.3, 0.4) is 0 Å². The molecule has 2 N–H and O–H groups in total. The molecule has 1 atom stereocenters. The van der Waals surface area contributed by atoms with E-state index in [2.05, 4.69) is 10.9 Å². The number of anilines is 1. The van der Waals surface area contributed by atoms with Crippen molar-refractivity contribution >= 4 is 56.4 Å². The van der Waals surface area contributed by atoms with Crippen LogP contribution in [-0.4, -0.2) is 55.4 Å². The predicted molar refractivity (Wildman–Crippen MR) is 98.0 cm³/mol. The summed E-state index contributed by atoms with van der Waals surface area (Å²) < 4.78 is 23.4. The molecule has 1 aliphatic heterocycles. The average molecular weight is 422 g/mol. The number of amides is 3. The maximum Gasteiger partial charge on any atom is 0.269 e. The number of halogens is 2. The minimum absolute atomic E-state index is 0.0183. The number of hydrazine groups is 1. The lowest BCUT2D eigenvalue weighted by molar-refractivity contribution is -0.119. The van der Waals surface area contributed by atoms with Gasteiger partial charge in [0.15, 0.2) is 9.84 Å². The molecule has 1 aliphatic rings. The van der Waals surface area contributed by atoms with Gasteiger partial charge in [0, 0.05) is 11.3 Å². The fourth-order valence-electron chi connectivity index (χ4n) is 2.61. The molecule has 1 aromatic rings. The maximum atomic E-state index is 12.2. The number of carbonyl (C=O) groups excluding carboxylic acids is 3. The van der Waals surface area contributed by atoms with Gasteiger partial charge in [-0.1, -0.05) is 0 Å². The molecule has 0 aromatic heterocycles. The normalized spacial score (nSPS) is 18.2. The molecule has 142 valence electrons. The molecule has 2 rings (SSSR count). The van der Waals surface area contributed by atoms with Crippen LogP contribution in [-0.2, 0) is 19.4 Å². The summed E-state index contributed by atoms with van der Waals surface area (Å²) >= 11 is 11.0. The zero-order valence-electron chi connectivity index (χ0n) is 13.6.